The molecular formula is C24H24ClF2N5O3. The van der Waals surface area contributed by atoms with E-state index in [0.717, 1.165) is 6.42 Å². The Morgan fingerprint density at radius 1 is 1.17 bits per heavy atom. The Kier molecular flexibility index (Phi) is 6.83. The lowest BCUT2D eigenvalue weighted by atomic mass is 10.1. The van der Waals surface area contributed by atoms with Crippen molar-refractivity contribution in [2.24, 2.45) is 0 Å². The molecule has 0 bridgehead atoms. The SMILES string of the molecule is O=C(Nc1cc2c(Nc3ccc(F)c(Cl)c3)ncnc2cc1O[C@H]1CCOC1)N1CCC(F)CC1. The number of rotatable bonds is 5. The Morgan fingerprint density at radius 2 is 2.00 bits per heavy atom. The molecule has 184 valence electrons. The molecule has 11 heteroatoms. The molecule has 2 fully saturated rings. The van der Waals surface area contributed by atoms with Crippen LogP contribution < -0.4 is 15.4 Å². The molecule has 2 amide bonds. The predicted octanol–water partition coefficient (Wildman–Crippen LogP) is 5.30. The number of anilines is 3. The van der Waals surface area contributed by atoms with Crippen molar-refractivity contribution in [3.05, 3.63) is 47.5 Å². The Morgan fingerprint density at radius 3 is 2.74 bits per heavy atom. The number of carbonyl (C=O) groups excluding carboxylic acids is 1. The Hall–Kier alpha value is -3.24. The van der Waals surface area contributed by atoms with E-state index >= 15 is 0 Å². The maximum atomic E-state index is 13.6. The van der Waals surface area contributed by atoms with Gasteiger partial charge in [-0.15, -0.1) is 0 Å². The molecule has 2 N–H and O–H groups in total. The average Bonchev–Trinajstić information content (AvgIpc) is 3.36. The van der Waals surface area contributed by atoms with Gasteiger partial charge in [-0.1, -0.05) is 11.6 Å². The molecule has 0 radical (unpaired) electrons. The smallest absolute Gasteiger partial charge is 0.321 e. The number of carbonyl (C=O) groups is 1. The van der Waals surface area contributed by atoms with Gasteiger partial charge in [0.1, 0.15) is 36.0 Å². The first kappa shape index (κ1) is 23.5. The van der Waals surface area contributed by atoms with E-state index in [4.69, 9.17) is 21.1 Å². The summed E-state index contributed by atoms with van der Waals surface area (Å²) in [6, 6.07) is 7.40. The van der Waals surface area contributed by atoms with Crippen molar-refractivity contribution >= 4 is 45.7 Å². The molecule has 1 aromatic heterocycles. The van der Waals surface area contributed by atoms with Gasteiger partial charge in [0, 0.05) is 36.7 Å². The molecule has 35 heavy (non-hydrogen) atoms. The molecule has 0 spiro atoms. The Balaban J connectivity index is 1.48. The summed E-state index contributed by atoms with van der Waals surface area (Å²) in [5.41, 5.74) is 1.56. The first-order valence-electron chi connectivity index (χ1n) is 11.4. The molecule has 2 saturated heterocycles. The summed E-state index contributed by atoms with van der Waals surface area (Å²) in [6.45, 7) is 1.74. The van der Waals surface area contributed by atoms with Crippen LogP contribution in [0, 0.1) is 5.82 Å². The van der Waals surface area contributed by atoms with Gasteiger partial charge in [0.05, 0.1) is 29.4 Å². The van der Waals surface area contributed by atoms with Crippen LogP contribution in [0.3, 0.4) is 0 Å². The summed E-state index contributed by atoms with van der Waals surface area (Å²) >= 11 is 5.92. The van der Waals surface area contributed by atoms with Gasteiger partial charge in [0.25, 0.3) is 0 Å². The maximum Gasteiger partial charge on any atom is 0.321 e. The summed E-state index contributed by atoms with van der Waals surface area (Å²) in [5, 5.41) is 6.63. The summed E-state index contributed by atoms with van der Waals surface area (Å²) in [4.78, 5) is 23.2. The van der Waals surface area contributed by atoms with Crippen molar-refractivity contribution in [3.63, 3.8) is 0 Å². The van der Waals surface area contributed by atoms with E-state index in [9.17, 15) is 13.6 Å². The summed E-state index contributed by atoms with van der Waals surface area (Å²) in [5.74, 6) is 0.377. The van der Waals surface area contributed by atoms with Gasteiger partial charge in [0.2, 0.25) is 0 Å². The molecule has 8 nitrogen and oxygen atoms in total. The van der Waals surface area contributed by atoms with E-state index in [2.05, 4.69) is 20.6 Å². The number of fused-ring (bicyclic) bond motifs is 1. The third kappa shape index (κ3) is 5.38. The molecule has 5 rings (SSSR count). The minimum atomic E-state index is -0.883. The van der Waals surface area contributed by atoms with Crippen LogP contribution in [0.1, 0.15) is 19.3 Å². The van der Waals surface area contributed by atoms with Crippen molar-refractivity contribution in [2.75, 3.05) is 36.9 Å². The van der Waals surface area contributed by atoms with Gasteiger partial charge in [-0.3, -0.25) is 0 Å². The number of hydrogen-bond donors (Lipinski definition) is 2. The number of likely N-dealkylation sites (tertiary alicyclic amines) is 1. The van der Waals surface area contributed by atoms with Crippen LogP contribution in [0.2, 0.25) is 5.02 Å². The zero-order chi connectivity index (χ0) is 24.4. The molecule has 2 aliphatic heterocycles. The van der Waals surface area contributed by atoms with Crippen molar-refractivity contribution in [1.29, 1.82) is 0 Å². The zero-order valence-corrected chi connectivity index (χ0v) is 19.5. The van der Waals surface area contributed by atoms with Crippen LogP contribution in [0.15, 0.2) is 36.7 Å². The first-order chi connectivity index (χ1) is 17.0. The summed E-state index contributed by atoms with van der Waals surface area (Å²) < 4.78 is 38.7. The number of ether oxygens (including phenoxy) is 2. The third-order valence-corrected chi connectivity index (χ3v) is 6.34. The fourth-order valence-corrected chi connectivity index (χ4v) is 4.30. The highest BCUT2D eigenvalue weighted by molar-refractivity contribution is 6.31. The van der Waals surface area contributed by atoms with Crippen molar-refractivity contribution < 1.29 is 23.0 Å². The van der Waals surface area contributed by atoms with Gasteiger partial charge in [-0.2, -0.15) is 0 Å². The van der Waals surface area contributed by atoms with Crippen molar-refractivity contribution in [3.8, 4) is 5.75 Å². The molecule has 0 saturated carbocycles. The van der Waals surface area contributed by atoms with Crippen LogP contribution >= 0.6 is 11.6 Å². The van der Waals surface area contributed by atoms with E-state index in [0.29, 0.717) is 73.0 Å². The first-order valence-corrected chi connectivity index (χ1v) is 11.8. The number of hydrogen-bond acceptors (Lipinski definition) is 6. The molecule has 2 aromatic carbocycles. The normalized spacial score (nSPS) is 18.6. The number of benzene rings is 2. The standard InChI is InChI=1S/C24H24ClF2N5O3/c25-18-9-15(1-2-19(18)27)30-23-17-10-21(31-24(33)32-6-3-14(26)4-7-32)22(11-20(17)28-13-29-23)35-16-5-8-34-12-16/h1-2,9-11,13-14,16H,3-8,12H2,(H,31,33)(H,28,29,30)/t16-/m0/s1. The van der Waals surface area contributed by atoms with Gasteiger partial charge in [-0.05, 0) is 37.1 Å². The van der Waals surface area contributed by atoms with Crippen LogP contribution in [0.4, 0.5) is 30.8 Å². The van der Waals surface area contributed by atoms with Crippen molar-refractivity contribution in [1.82, 2.24) is 14.9 Å². The predicted molar refractivity (Wildman–Crippen MR) is 129 cm³/mol. The second-order valence-electron chi connectivity index (χ2n) is 8.54. The minimum absolute atomic E-state index is 0.0205. The zero-order valence-electron chi connectivity index (χ0n) is 18.8. The highest BCUT2D eigenvalue weighted by atomic mass is 35.5. The number of nitrogens with one attached hydrogen (secondary N) is 2. The molecular weight excluding hydrogens is 480 g/mol. The molecule has 3 aromatic rings. The molecule has 1 atom stereocenters. The maximum absolute atomic E-state index is 13.6. The molecule has 0 aliphatic carbocycles. The fraction of sp³-hybridized carbons (Fsp3) is 0.375. The summed E-state index contributed by atoms with van der Waals surface area (Å²) in [6.07, 6.45) is 1.74. The number of halogens is 3. The van der Waals surface area contributed by atoms with E-state index < -0.39 is 12.0 Å². The van der Waals surface area contributed by atoms with Gasteiger partial charge in [-0.25, -0.2) is 23.5 Å². The Bertz CT molecular complexity index is 1230. The average molecular weight is 504 g/mol. The lowest BCUT2D eigenvalue weighted by Gasteiger charge is -2.29. The molecule has 0 unspecified atom stereocenters. The highest BCUT2D eigenvalue weighted by Gasteiger charge is 2.25. The van der Waals surface area contributed by atoms with Gasteiger partial charge in [0.15, 0.2) is 0 Å². The van der Waals surface area contributed by atoms with E-state index in [-0.39, 0.29) is 17.2 Å². The van der Waals surface area contributed by atoms with E-state index in [1.54, 1.807) is 23.1 Å². The number of alkyl halides is 1. The van der Waals surface area contributed by atoms with Gasteiger partial charge < -0.3 is 25.0 Å². The van der Waals surface area contributed by atoms with Crippen LogP contribution in [0.25, 0.3) is 10.9 Å². The van der Waals surface area contributed by atoms with Gasteiger partial charge >= 0.3 is 6.03 Å². The monoisotopic (exact) mass is 503 g/mol. The summed E-state index contributed by atoms with van der Waals surface area (Å²) in [7, 11) is 0. The lowest BCUT2D eigenvalue weighted by Crippen LogP contribution is -2.41. The molecule has 2 aliphatic rings. The van der Waals surface area contributed by atoms with Crippen molar-refractivity contribution in [2.45, 2.75) is 31.5 Å². The largest absolute Gasteiger partial charge is 0.486 e. The van der Waals surface area contributed by atoms with E-state index in [1.807, 2.05) is 0 Å². The quantitative estimate of drug-likeness (QED) is 0.491. The number of piperidine rings is 1. The molecule has 3 heterocycles. The lowest BCUT2D eigenvalue weighted by molar-refractivity contribution is 0.141. The minimum Gasteiger partial charge on any atom is -0.486 e. The number of nitrogens with zero attached hydrogens (tertiary/aromatic N) is 3. The van der Waals surface area contributed by atoms with Crippen LogP contribution in [0.5, 0.6) is 5.75 Å². The third-order valence-electron chi connectivity index (χ3n) is 6.05. The number of aromatic nitrogens is 2. The second-order valence-corrected chi connectivity index (χ2v) is 8.94. The van der Waals surface area contributed by atoms with Crippen LogP contribution in [-0.4, -0.2) is 59.5 Å². The second kappa shape index (κ2) is 10.2. The Labute approximate surface area is 205 Å². The fourth-order valence-electron chi connectivity index (χ4n) is 4.12. The number of urea groups is 1. The topological polar surface area (TPSA) is 88.6 Å². The highest BCUT2D eigenvalue weighted by Crippen LogP contribution is 2.35. The number of amides is 2. The van der Waals surface area contributed by atoms with E-state index in [1.165, 1.54) is 18.5 Å². The van der Waals surface area contributed by atoms with Crippen LogP contribution in [-0.2, 0) is 4.74 Å².